The molecule has 17 heavy (non-hydrogen) atoms. The molecule has 1 atom stereocenters. The number of ether oxygens (including phenoxy) is 1. The van der Waals surface area contributed by atoms with Crippen LogP contribution >= 0.6 is 0 Å². The molecule has 1 saturated heterocycles. The monoisotopic (exact) mass is 235 g/mol. The Balaban J connectivity index is 1.91. The predicted molar refractivity (Wildman–Crippen MR) is 64.3 cm³/mol. The fraction of sp³-hybridized carbons (Fsp3) is 0.571. The molecular formula is C14H18FNO. The van der Waals surface area contributed by atoms with Crippen LogP contribution < -0.4 is 5.32 Å². The maximum Gasteiger partial charge on any atom is 0.123 e. The number of rotatable bonds is 1. The van der Waals surface area contributed by atoms with E-state index in [1.54, 1.807) is 0 Å². The standard InChI is InChI=1S/C14H18FNO/c15-12-5-3-11(4-6-12)13-14(7-1-2-8-14)17-10-9-16-13/h3-6,13,16H,1-2,7-10H2. The lowest BCUT2D eigenvalue weighted by atomic mass is 9.85. The third kappa shape index (κ3) is 1.98. The average Bonchev–Trinajstić information content (AvgIpc) is 2.80. The summed E-state index contributed by atoms with van der Waals surface area (Å²) in [6.45, 7) is 1.67. The van der Waals surface area contributed by atoms with Crippen molar-refractivity contribution in [1.82, 2.24) is 5.32 Å². The second kappa shape index (κ2) is 4.39. The molecule has 1 aliphatic heterocycles. The van der Waals surface area contributed by atoms with E-state index in [0.29, 0.717) is 0 Å². The highest BCUT2D eigenvalue weighted by Gasteiger charge is 2.44. The summed E-state index contributed by atoms with van der Waals surface area (Å²) in [4.78, 5) is 0. The molecule has 1 aromatic carbocycles. The molecule has 1 N–H and O–H groups in total. The van der Waals surface area contributed by atoms with Crippen LogP contribution in [-0.4, -0.2) is 18.8 Å². The van der Waals surface area contributed by atoms with Crippen molar-refractivity contribution < 1.29 is 9.13 Å². The fourth-order valence-corrected chi connectivity index (χ4v) is 3.21. The van der Waals surface area contributed by atoms with Gasteiger partial charge in [-0.2, -0.15) is 0 Å². The maximum absolute atomic E-state index is 13.0. The third-order valence-corrected chi connectivity index (χ3v) is 4.02. The molecule has 2 nitrogen and oxygen atoms in total. The van der Waals surface area contributed by atoms with Gasteiger partial charge >= 0.3 is 0 Å². The van der Waals surface area contributed by atoms with Crippen LogP contribution in [0.5, 0.6) is 0 Å². The van der Waals surface area contributed by atoms with E-state index in [2.05, 4.69) is 5.32 Å². The van der Waals surface area contributed by atoms with Gasteiger partial charge in [-0.15, -0.1) is 0 Å². The second-order valence-electron chi connectivity index (χ2n) is 5.06. The third-order valence-electron chi connectivity index (χ3n) is 4.02. The molecular weight excluding hydrogens is 217 g/mol. The average molecular weight is 235 g/mol. The van der Waals surface area contributed by atoms with Crippen molar-refractivity contribution in [3.63, 3.8) is 0 Å². The van der Waals surface area contributed by atoms with Crippen LogP contribution in [0.4, 0.5) is 4.39 Å². The summed E-state index contributed by atoms with van der Waals surface area (Å²) < 4.78 is 19.0. The number of halogens is 1. The summed E-state index contributed by atoms with van der Waals surface area (Å²) in [5.74, 6) is -0.175. The van der Waals surface area contributed by atoms with Gasteiger partial charge in [-0.05, 0) is 30.5 Å². The zero-order valence-electron chi connectivity index (χ0n) is 9.92. The normalized spacial score (nSPS) is 27.5. The van der Waals surface area contributed by atoms with Crippen LogP contribution in [0.3, 0.4) is 0 Å². The SMILES string of the molecule is Fc1ccc(C2NCCOC23CCCC3)cc1. The van der Waals surface area contributed by atoms with Crippen LogP contribution in [0, 0.1) is 5.82 Å². The molecule has 1 spiro atoms. The van der Waals surface area contributed by atoms with Gasteiger partial charge in [0.05, 0.1) is 18.2 Å². The Bertz CT molecular complexity index is 384. The van der Waals surface area contributed by atoms with E-state index in [-0.39, 0.29) is 17.5 Å². The Labute approximate surface area is 101 Å². The zero-order valence-corrected chi connectivity index (χ0v) is 9.92. The molecule has 3 heteroatoms. The molecule has 0 bridgehead atoms. The van der Waals surface area contributed by atoms with Crippen molar-refractivity contribution in [1.29, 1.82) is 0 Å². The van der Waals surface area contributed by atoms with Gasteiger partial charge in [0.2, 0.25) is 0 Å². The lowest BCUT2D eigenvalue weighted by Gasteiger charge is -2.42. The molecule has 0 amide bonds. The van der Waals surface area contributed by atoms with Crippen LogP contribution in [0.25, 0.3) is 0 Å². The predicted octanol–water partition coefficient (Wildman–Crippen LogP) is 2.80. The van der Waals surface area contributed by atoms with Gasteiger partial charge in [0.25, 0.3) is 0 Å². The minimum Gasteiger partial charge on any atom is -0.372 e. The molecule has 1 heterocycles. The fourth-order valence-electron chi connectivity index (χ4n) is 3.21. The van der Waals surface area contributed by atoms with Crippen LogP contribution in [-0.2, 0) is 4.74 Å². The first-order valence-electron chi connectivity index (χ1n) is 6.43. The Morgan fingerprint density at radius 2 is 1.88 bits per heavy atom. The number of benzene rings is 1. The summed E-state index contributed by atoms with van der Waals surface area (Å²) >= 11 is 0. The van der Waals surface area contributed by atoms with Crippen molar-refractivity contribution in [2.24, 2.45) is 0 Å². The smallest absolute Gasteiger partial charge is 0.123 e. The van der Waals surface area contributed by atoms with Crippen LogP contribution in [0.15, 0.2) is 24.3 Å². The molecule has 0 aromatic heterocycles. The summed E-state index contributed by atoms with van der Waals surface area (Å²) in [5.41, 5.74) is 1.10. The molecule has 1 aromatic rings. The van der Waals surface area contributed by atoms with Gasteiger partial charge in [-0.3, -0.25) is 0 Å². The molecule has 3 rings (SSSR count). The van der Waals surface area contributed by atoms with Crippen molar-refractivity contribution >= 4 is 0 Å². The molecule has 92 valence electrons. The minimum absolute atomic E-state index is 0.0456. The lowest BCUT2D eigenvalue weighted by Crippen LogP contribution is -2.50. The largest absolute Gasteiger partial charge is 0.372 e. The molecule has 0 radical (unpaired) electrons. The maximum atomic E-state index is 13.0. The summed E-state index contributed by atoms with van der Waals surface area (Å²) in [6, 6.07) is 7.05. The van der Waals surface area contributed by atoms with E-state index < -0.39 is 0 Å². The van der Waals surface area contributed by atoms with Gasteiger partial charge in [0.15, 0.2) is 0 Å². The molecule has 2 aliphatic rings. The number of morpholine rings is 1. The van der Waals surface area contributed by atoms with Crippen LogP contribution in [0.1, 0.15) is 37.3 Å². The van der Waals surface area contributed by atoms with E-state index in [1.807, 2.05) is 12.1 Å². The highest BCUT2D eigenvalue weighted by atomic mass is 19.1. The molecule has 2 fully saturated rings. The second-order valence-corrected chi connectivity index (χ2v) is 5.06. The van der Waals surface area contributed by atoms with Crippen molar-refractivity contribution in [3.8, 4) is 0 Å². The minimum atomic E-state index is -0.175. The van der Waals surface area contributed by atoms with Crippen molar-refractivity contribution in [3.05, 3.63) is 35.6 Å². The van der Waals surface area contributed by atoms with Gasteiger partial charge < -0.3 is 10.1 Å². The highest BCUT2D eigenvalue weighted by molar-refractivity contribution is 5.24. The summed E-state index contributed by atoms with van der Waals surface area (Å²) in [6.07, 6.45) is 4.70. The van der Waals surface area contributed by atoms with Gasteiger partial charge in [-0.1, -0.05) is 25.0 Å². The van der Waals surface area contributed by atoms with Gasteiger partial charge in [0, 0.05) is 6.54 Å². The Kier molecular flexibility index (Phi) is 2.89. The Hall–Kier alpha value is -0.930. The number of hydrogen-bond acceptors (Lipinski definition) is 2. The van der Waals surface area contributed by atoms with Crippen molar-refractivity contribution in [2.45, 2.75) is 37.3 Å². The zero-order chi connectivity index (χ0) is 11.7. The summed E-state index contributed by atoms with van der Waals surface area (Å²) in [5, 5.41) is 3.54. The molecule has 1 unspecified atom stereocenters. The van der Waals surface area contributed by atoms with Gasteiger partial charge in [0.1, 0.15) is 5.82 Å². The van der Waals surface area contributed by atoms with E-state index in [1.165, 1.54) is 25.0 Å². The molecule has 1 saturated carbocycles. The van der Waals surface area contributed by atoms with E-state index in [0.717, 1.165) is 31.6 Å². The quantitative estimate of drug-likeness (QED) is 0.808. The Morgan fingerprint density at radius 3 is 2.59 bits per heavy atom. The van der Waals surface area contributed by atoms with Crippen molar-refractivity contribution in [2.75, 3.05) is 13.2 Å². The highest BCUT2D eigenvalue weighted by Crippen LogP contribution is 2.44. The topological polar surface area (TPSA) is 21.3 Å². The van der Waals surface area contributed by atoms with E-state index in [9.17, 15) is 4.39 Å². The Morgan fingerprint density at radius 1 is 1.18 bits per heavy atom. The van der Waals surface area contributed by atoms with E-state index >= 15 is 0 Å². The lowest BCUT2D eigenvalue weighted by molar-refractivity contribution is -0.0935. The van der Waals surface area contributed by atoms with Gasteiger partial charge in [-0.25, -0.2) is 4.39 Å². The molecule has 1 aliphatic carbocycles. The summed E-state index contributed by atoms with van der Waals surface area (Å²) in [7, 11) is 0. The van der Waals surface area contributed by atoms with Crippen LogP contribution in [0.2, 0.25) is 0 Å². The van der Waals surface area contributed by atoms with E-state index in [4.69, 9.17) is 4.74 Å². The first-order valence-corrected chi connectivity index (χ1v) is 6.43. The first-order chi connectivity index (χ1) is 8.30. The first kappa shape index (κ1) is 11.2. The number of nitrogens with one attached hydrogen (secondary N) is 1. The number of hydrogen-bond donors (Lipinski definition) is 1.